The molecule has 0 saturated carbocycles. The summed E-state index contributed by atoms with van der Waals surface area (Å²) in [7, 11) is 0. The van der Waals surface area contributed by atoms with Crippen molar-refractivity contribution in [2.75, 3.05) is 4.90 Å². The molecule has 3 heteroatoms. The molecule has 0 N–H and O–H groups in total. The normalized spacial score (nSPS) is 11.5. The summed E-state index contributed by atoms with van der Waals surface area (Å²) in [4.78, 5) is 2.42. The van der Waals surface area contributed by atoms with E-state index in [9.17, 15) is 0 Å². The fraction of sp³-hybridized carbons (Fsp3) is 0. The smallest absolute Gasteiger partial charge is 0.0617 e. The van der Waals surface area contributed by atoms with Gasteiger partial charge >= 0.3 is 245 Å². The second-order valence-corrected chi connectivity index (χ2v) is 15.3. The van der Waals surface area contributed by atoms with E-state index in [0.29, 0.717) is 14.5 Å². The molecule has 0 amide bonds. The van der Waals surface area contributed by atoms with Crippen molar-refractivity contribution in [1.29, 1.82) is 0 Å². The maximum atomic E-state index is 2.42. The predicted octanol–water partition coefficient (Wildman–Crippen LogP) is 13.0. The Morgan fingerprint density at radius 3 is 1.55 bits per heavy atom. The molecule has 51 heavy (non-hydrogen) atoms. The Kier molecular flexibility index (Phi) is 7.20. The summed E-state index contributed by atoms with van der Waals surface area (Å²) in [6, 6.07) is 70.8. The molecular formula is C48H32N2Se. The van der Waals surface area contributed by atoms with Crippen molar-refractivity contribution < 1.29 is 0 Å². The van der Waals surface area contributed by atoms with Crippen LogP contribution >= 0.6 is 0 Å². The SMILES string of the molecule is c1ccc(-c2ccc(-c3ccc(N(c4ccc5[se]c6ccccc6c5c4)c4ccc5c(c4)c4ccccc4n5-c4ccccc4)cc3)cc2)cc1. The van der Waals surface area contributed by atoms with Crippen LogP contribution in [0.25, 0.3) is 69.0 Å². The van der Waals surface area contributed by atoms with Gasteiger partial charge in [-0.2, -0.15) is 0 Å². The molecule has 8 aromatic carbocycles. The Labute approximate surface area is 302 Å². The van der Waals surface area contributed by atoms with Gasteiger partial charge in [-0.1, -0.05) is 48.5 Å². The number of aromatic nitrogens is 1. The minimum absolute atomic E-state index is 0.325. The maximum absolute atomic E-state index is 2.42. The molecule has 240 valence electrons. The second kappa shape index (κ2) is 12.3. The average Bonchev–Trinajstić information content (AvgIpc) is 3.74. The van der Waals surface area contributed by atoms with Crippen LogP contribution < -0.4 is 4.90 Å². The molecule has 2 nitrogen and oxygen atoms in total. The third-order valence-corrected chi connectivity index (χ3v) is 12.4. The van der Waals surface area contributed by atoms with Crippen LogP contribution in [0.5, 0.6) is 0 Å². The molecule has 0 saturated heterocycles. The molecule has 0 aliphatic heterocycles. The monoisotopic (exact) mass is 716 g/mol. The van der Waals surface area contributed by atoms with Crippen LogP contribution in [0.3, 0.4) is 0 Å². The molecule has 2 aromatic heterocycles. The number of fused-ring (bicyclic) bond motifs is 6. The van der Waals surface area contributed by atoms with E-state index in [1.165, 1.54) is 69.0 Å². The molecule has 0 unspecified atom stereocenters. The molecule has 10 rings (SSSR count). The molecule has 0 aliphatic carbocycles. The van der Waals surface area contributed by atoms with Gasteiger partial charge in [0.1, 0.15) is 0 Å². The van der Waals surface area contributed by atoms with Crippen molar-refractivity contribution in [3.8, 4) is 27.9 Å². The summed E-state index contributed by atoms with van der Waals surface area (Å²) in [5, 5.41) is 5.20. The minimum Gasteiger partial charge on any atom is -0.0617 e. The van der Waals surface area contributed by atoms with Gasteiger partial charge in [-0.05, 0) is 11.1 Å². The van der Waals surface area contributed by atoms with Gasteiger partial charge in [0, 0.05) is 0 Å². The summed E-state index contributed by atoms with van der Waals surface area (Å²) in [6.45, 7) is 0. The Hall–Kier alpha value is -6.12. The van der Waals surface area contributed by atoms with Crippen LogP contribution in [0, 0.1) is 0 Å². The van der Waals surface area contributed by atoms with Gasteiger partial charge in [0.05, 0.1) is 0 Å². The molecule has 0 fully saturated rings. The molecule has 0 atom stereocenters. The first kappa shape index (κ1) is 29.8. The summed E-state index contributed by atoms with van der Waals surface area (Å²) in [5.41, 5.74) is 11.9. The second-order valence-electron chi connectivity index (χ2n) is 13.0. The summed E-state index contributed by atoms with van der Waals surface area (Å²) < 4.78 is 5.29. The van der Waals surface area contributed by atoms with Crippen molar-refractivity contribution in [1.82, 2.24) is 4.57 Å². The van der Waals surface area contributed by atoms with Crippen molar-refractivity contribution in [3.63, 3.8) is 0 Å². The van der Waals surface area contributed by atoms with Crippen LogP contribution in [-0.2, 0) is 0 Å². The fourth-order valence-corrected chi connectivity index (χ4v) is 9.82. The third-order valence-electron chi connectivity index (χ3n) is 10.00. The number of benzene rings is 8. The zero-order chi connectivity index (χ0) is 33.7. The molecule has 0 aliphatic rings. The minimum atomic E-state index is 0.325. The zero-order valence-electron chi connectivity index (χ0n) is 27.8. The van der Waals surface area contributed by atoms with Crippen LogP contribution in [-0.4, -0.2) is 19.1 Å². The van der Waals surface area contributed by atoms with E-state index in [2.05, 4.69) is 204 Å². The number of nitrogens with zero attached hydrogens (tertiary/aromatic N) is 2. The van der Waals surface area contributed by atoms with Crippen molar-refractivity contribution in [2.45, 2.75) is 0 Å². The predicted molar refractivity (Wildman–Crippen MR) is 218 cm³/mol. The fourth-order valence-electron chi connectivity index (χ4n) is 7.54. The van der Waals surface area contributed by atoms with Gasteiger partial charge in [-0.15, -0.1) is 0 Å². The van der Waals surface area contributed by atoms with Crippen LogP contribution in [0.1, 0.15) is 0 Å². The molecule has 10 aromatic rings. The Bertz CT molecular complexity index is 2830. The van der Waals surface area contributed by atoms with Crippen LogP contribution in [0.4, 0.5) is 17.1 Å². The first-order chi connectivity index (χ1) is 25.3. The molecule has 0 bridgehead atoms. The van der Waals surface area contributed by atoms with Gasteiger partial charge in [0.2, 0.25) is 0 Å². The van der Waals surface area contributed by atoms with Gasteiger partial charge in [0.25, 0.3) is 0 Å². The van der Waals surface area contributed by atoms with E-state index in [4.69, 9.17) is 0 Å². The molecule has 0 radical (unpaired) electrons. The van der Waals surface area contributed by atoms with Gasteiger partial charge in [0.15, 0.2) is 0 Å². The van der Waals surface area contributed by atoms with Gasteiger partial charge < -0.3 is 0 Å². The van der Waals surface area contributed by atoms with Crippen molar-refractivity contribution in [2.24, 2.45) is 0 Å². The summed E-state index contributed by atoms with van der Waals surface area (Å²) >= 11 is 0.325. The van der Waals surface area contributed by atoms with E-state index in [-0.39, 0.29) is 0 Å². The molecule has 2 heterocycles. The van der Waals surface area contributed by atoms with E-state index >= 15 is 0 Å². The quantitative estimate of drug-likeness (QED) is 0.156. The van der Waals surface area contributed by atoms with Gasteiger partial charge in [-0.3, -0.25) is 0 Å². The van der Waals surface area contributed by atoms with Gasteiger partial charge in [-0.25, -0.2) is 0 Å². The topological polar surface area (TPSA) is 8.17 Å². The van der Waals surface area contributed by atoms with E-state index in [1.54, 1.807) is 0 Å². The number of para-hydroxylation sites is 2. The first-order valence-electron chi connectivity index (χ1n) is 17.3. The Morgan fingerprint density at radius 1 is 0.333 bits per heavy atom. The Balaban J connectivity index is 1.12. The Morgan fingerprint density at radius 2 is 0.824 bits per heavy atom. The van der Waals surface area contributed by atoms with Crippen molar-refractivity contribution in [3.05, 3.63) is 194 Å². The first-order valence-corrected chi connectivity index (χ1v) is 19.1. The standard InChI is InChI=1S/C48H32N2Se/c1-3-11-33(12-4-1)34-19-21-35(22-20-34)36-23-25-38(26-24-36)49(40-28-30-48-44(32-40)42-16-8-10-18-47(42)51-48)39-27-29-46-43(31-39)41-15-7-9-17-45(41)50(46)37-13-5-2-6-14-37/h1-32H. The number of hydrogen-bond acceptors (Lipinski definition) is 1. The van der Waals surface area contributed by atoms with E-state index < -0.39 is 0 Å². The number of hydrogen-bond donors (Lipinski definition) is 0. The third kappa shape index (κ3) is 5.18. The van der Waals surface area contributed by atoms with E-state index in [0.717, 1.165) is 17.1 Å². The summed E-state index contributed by atoms with van der Waals surface area (Å²) in [6.07, 6.45) is 0. The molecule has 0 spiro atoms. The van der Waals surface area contributed by atoms with Crippen molar-refractivity contribution >= 4 is 72.7 Å². The number of rotatable bonds is 6. The summed E-state index contributed by atoms with van der Waals surface area (Å²) in [5.74, 6) is 0. The van der Waals surface area contributed by atoms with Crippen LogP contribution in [0.15, 0.2) is 194 Å². The zero-order valence-corrected chi connectivity index (χ0v) is 29.5. The molecular weight excluding hydrogens is 684 g/mol. The van der Waals surface area contributed by atoms with Crippen LogP contribution in [0.2, 0.25) is 0 Å². The number of anilines is 3. The average molecular weight is 716 g/mol. The van der Waals surface area contributed by atoms with E-state index in [1.807, 2.05) is 0 Å².